The van der Waals surface area contributed by atoms with E-state index < -0.39 is 15.1 Å². The summed E-state index contributed by atoms with van der Waals surface area (Å²) in [5, 5.41) is -0.468. The number of imidazole rings is 1. The van der Waals surface area contributed by atoms with Crippen molar-refractivity contribution in [2.45, 2.75) is 36.7 Å². The molecule has 0 radical (unpaired) electrons. The summed E-state index contributed by atoms with van der Waals surface area (Å²) in [7, 11) is -3.68. The summed E-state index contributed by atoms with van der Waals surface area (Å²) in [5.74, 6) is 0. The van der Waals surface area contributed by atoms with Crippen LogP contribution in [0, 0.1) is 0 Å². The van der Waals surface area contributed by atoms with Crippen molar-refractivity contribution in [3.63, 3.8) is 0 Å². The maximum absolute atomic E-state index is 13.8. The minimum atomic E-state index is -3.68. The minimum Gasteiger partial charge on any atom is -0.310 e. The van der Waals surface area contributed by atoms with Crippen LogP contribution in [0.1, 0.15) is 36.1 Å². The van der Waals surface area contributed by atoms with E-state index in [4.69, 9.17) is 0 Å². The minimum absolute atomic E-state index is 0.143. The fourth-order valence-electron chi connectivity index (χ4n) is 3.75. The average Bonchev–Trinajstić information content (AvgIpc) is 3.13. The Kier molecular flexibility index (Phi) is 5.49. The van der Waals surface area contributed by atoms with E-state index in [1.54, 1.807) is 0 Å². The number of aromatic nitrogens is 2. The molecular weight excluding hydrogens is 380 g/mol. The molecule has 0 aliphatic heterocycles. The van der Waals surface area contributed by atoms with Crippen LogP contribution in [0.3, 0.4) is 0 Å². The summed E-state index contributed by atoms with van der Waals surface area (Å²) < 4.78 is 29.5. The zero-order valence-corrected chi connectivity index (χ0v) is 17.2. The van der Waals surface area contributed by atoms with Crippen LogP contribution in [0.15, 0.2) is 90.1 Å². The lowest BCUT2D eigenvalue weighted by Crippen LogP contribution is -2.19. The standard InChI is InChI=1S/C24H24N2O2S/c1-2-11-23(20-14-7-4-8-15-20)29(27,28)24-25-21-16-9-10-17-22(21)26(24)18-19-12-5-3-6-13-19/h3-10,12-17,23H,2,11,18H2,1H3. The quantitative estimate of drug-likeness (QED) is 0.414. The SMILES string of the molecule is CCCC(c1ccccc1)S(=O)(=O)c1nc2ccccc2n1Cc1ccccc1. The van der Waals surface area contributed by atoms with Crippen LogP contribution in [-0.4, -0.2) is 18.0 Å². The highest BCUT2D eigenvalue weighted by molar-refractivity contribution is 7.91. The summed E-state index contributed by atoms with van der Waals surface area (Å²) in [4.78, 5) is 4.58. The zero-order valence-electron chi connectivity index (χ0n) is 16.4. The normalized spacial score (nSPS) is 12.9. The zero-order chi connectivity index (χ0) is 20.3. The summed E-state index contributed by atoms with van der Waals surface area (Å²) in [6.45, 7) is 2.47. The predicted octanol–water partition coefficient (Wildman–Crippen LogP) is 5.40. The second kappa shape index (κ2) is 8.21. The summed E-state index contributed by atoms with van der Waals surface area (Å²) in [6, 6.07) is 27.0. The van der Waals surface area contributed by atoms with E-state index in [2.05, 4.69) is 4.98 Å². The molecule has 1 aromatic heterocycles. The third kappa shape index (κ3) is 3.83. The molecule has 4 aromatic rings. The maximum Gasteiger partial charge on any atom is 0.229 e. The van der Waals surface area contributed by atoms with Crippen molar-refractivity contribution < 1.29 is 8.42 Å². The fraction of sp³-hybridized carbons (Fsp3) is 0.208. The number of hydrogen-bond donors (Lipinski definition) is 0. The Balaban J connectivity index is 1.88. The molecule has 1 heterocycles. The average molecular weight is 405 g/mol. The molecule has 0 bridgehead atoms. The van der Waals surface area contributed by atoms with Crippen LogP contribution in [0.2, 0.25) is 0 Å². The Morgan fingerprint density at radius 1 is 0.862 bits per heavy atom. The van der Waals surface area contributed by atoms with Gasteiger partial charge in [0, 0.05) is 0 Å². The Morgan fingerprint density at radius 3 is 2.17 bits per heavy atom. The Morgan fingerprint density at radius 2 is 1.48 bits per heavy atom. The van der Waals surface area contributed by atoms with Crippen molar-refractivity contribution in [1.82, 2.24) is 9.55 Å². The number of hydrogen-bond acceptors (Lipinski definition) is 3. The molecule has 3 aromatic carbocycles. The van der Waals surface area contributed by atoms with Crippen molar-refractivity contribution in [1.29, 1.82) is 0 Å². The van der Waals surface area contributed by atoms with Crippen molar-refractivity contribution in [3.8, 4) is 0 Å². The van der Waals surface area contributed by atoms with Crippen molar-refractivity contribution in [2.24, 2.45) is 0 Å². The van der Waals surface area contributed by atoms with Gasteiger partial charge in [-0.05, 0) is 29.7 Å². The van der Waals surface area contributed by atoms with Crippen LogP contribution < -0.4 is 0 Å². The lowest BCUT2D eigenvalue weighted by atomic mass is 10.1. The van der Waals surface area contributed by atoms with E-state index in [1.807, 2.05) is 96.4 Å². The van der Waals surface area contributed by atoms with Crippen molar-refractivity contribution in [2.75, 3.05) is 0 Å². The van der Waals surface area contributed by atoms with Gasteiger partial charge in [0.25, 0.3) is 0 Å². The third-order valence-corrected chi connectivity index (χ3v) is 7.23. The lowest BCUT2D eigenvalue weighted by Gasteiger charge is -2.18. The van der Waals surface area contributed by atoms with Gasteiger partial charge in [0.15, 0.2) is 0 Å². The molecule has 4 nitrogen and oxygen atoms in total. The highest BCUT2D eigenvalue weighted by atomic mass is 32.2. The van der Waals surface area contributed by atoms with E-state index in [9.17, 15) is 8.42 Å². The number of rotatable bonds is 7. The van der Waals surface area contributed by atoms with Crippen LogP contribution >= 0.6 is 0 Å². The number of para-hydroxylation sites is 2. The van der Waals surface area contributed by atoms with Crippen molar-refractivity contribution >= 4 is 20.9 Å². The van der Waals surface area contributed by atoms with Crippen LogP contribution in [0.5, 0.6) is 0 Å². The summed E-state index contributed by atoms with van der Waals surface area (Å²) >= 11 is 0. The molecule has 0 amide bonds. The third-order valence-electron chi connectivity index (χ3n) is 5.15. The first-order valence-corrected chi connectivity index (χ1v) is 11.4. The van der Waals surface area contributed by atoms with Gasteiger partial charge in [-0.2, -0.15) is 0 Å². The van der Waals surface area contributed by atoms with Gasteiger partial charge in [0.1, 0.15) is 0 Å². The summed E-state index contributed by atoms with van der Waals surface area (Å²) in [5.41, 5.74) is 3.38. The summed E-state index contributed by atoms with van der Waals surface area (Å²) in [6.07, 6.45) is 1.33. The highest BCUT2D eigenvalue weighted by Gasteiger charge is 2.33. The van der Waals surface area contributed by atoms with Gasteiger partial charge in [-0.25, -0.2) is 13.4 Å². The van der Waals surface area contributed by atoms with E-state index in [0.717, 1.165) is 23.1 Å². The molecule has 29 heavy (non-hydrogen) atoms. The van der Waals surface area contributed by atoms with Crippen LogP contribution in [-0.2, 0) is 16.4 Å². The molecule has 5 heteroatoms. The molecule has 0 saturated carbocycles. The number of sulfone groups is 1. The molecule has 0 saturated heterocycles. The molecule has 0 aliphatic carbocycles. The molecule has 0 spiro atoms. The van der Waals surface area contributed by atoms with Gasteiger partial charge >= 0.3 is 0 Å². The molecule has 0 aliphatic rings. The fourth-order valence-corrected chi connectivity index (χ4v) is 5.76. The Hall–Kier alpha value is -2.92. The lowest BCUT2D eigenvalue weighted by molar-refractivity contribution is 0.554. The maximum atomic E-state index is 13.8. The Bertz CT molecular complexity index is 1200. The molecule has 4 rings (SSSR count). The number of benzene rings is 3. The molecule has 1 atom stereocenters. The molecule has 0 fully saturated rings. The first-order valence-electron chi connectivity index (χ1n) is 9.89. The molecule has 1 unspecified atom stereocenters. The Labute approximate surface area is 171 Å². The molecular formula is C24H24N2O2S. The largest absolute Gasteiger partial charge is 0.310 e. The van der Waals surface area contributed by atoms with E-state index >= 15 is 0 Å². The predicted molar refractivity (Wildman–Crippen MR) is 117 cm³/mol. The van der Waals surface area contributed by atoms with E-state index in [-0.39, 0.29) is 5.16 Å². The molecule has 148 valence electrons. The van der Waals surface area contributed by atoms with Gasteiger partial charge in [-0.3, -0.25) is 0 Å². The topological polar surface area (TPSA) is 52.0 Å². The first kappa shape index (κ1) is 19.4. The van der Waals surface area contributed by atoms with E-state index in [0.29, 0.717) is 18.5 Å². The van der Waals surface area contributed by atoms with Gasteiger partial charge in [0.2, 0.25) is 15.0 Å². The first-order chi connectivity index (χ1) is 14.1. The van der Waals surface area contributed by atoms with E-state index in [1.165, 1.54) is 0 Å². The van der Waals surface area contributed by atoms with Crippen LogP contribution in [0.4, 0.5) is 0 Å². The monoisotopic (exact) mass is 404 g/mol. The number of nitrogens with zero attached hydrogens (tertiary/aromatic N) is 2. The van der Waals surface area contributed by atoms with Gasteiger partial charge < -0.3 is 4.57 Å². The van der Waals surface area contributed by atoms with Gasteiger partial charge in [-0.1, -0.05) is 86.1 Å². The highest BCUT2D eigenvalue weighted by Crippen LogP contribution is 2.34. The van der Waals surface area contributed by atoms with Gasteiger partial charge in [-0.15, -0.1) is 0 Å². The van der Waals surface area contributed by atoms with Crippen molar-refractivity contribution in [3.05, 3.63) is 96.1 Å². The van der Waals surface area contributed by atoms with Crippen LogP contribution in [0.25, 0.3) is 11.0 Å². The number of fused-ring (bicyclic) bond motifs is 1. The van der Waals surface area contributed by atoms with Gasteiger partial charge in [0.05, 0.1) is 22.8 Å². The second-order valence-corrected chi connectivity index (χ2v) is 9.21. The smallest absolute Gasteiger partial charge is 0.229 e. The second-order valence-electron chi connectivity index (χ2n) is 7.19. The molecule has 0 N–H and O–H groups in total.